The summed E-state index contributed by atoms with van der Waals surface area (Å²) in [7, 11) is 0. The maximum Gasteiger partial charge on any atom is 0.243 e. The normalized spacial score (nSPS) is 23.9. The van der Waals surface area contributed by atoms with E-state index in [9.17, 15) is 14.4 Å². The molecule has 1 saturated heterocycles. The molecule has 0 aromatic rings. The lowest BCUT2D eigenvalue weighted by Crippen LogP contribution is -2.37. The molecule has 2 aliphatic rings. The van der Waals surface area contributed by atoms with E-state index in [0.29, 0.717) is 0 Å². The van der Waals surface area contributed by atoms with Gasteiger partial charge in [0.15, 0.2) is 5.78 Å². The highest BCUT2D eigenvalue weighted by atomic mass is 32.2. The van der Waals surface area contributed by atoms with Crippen LogP contribution in [0.5, 0.6) is 0 Å². The van der Waals surface area contributed by atoms with E-state index >= 15 is 0 Å². The summed E-state index contributed by atoms with van der Waals surface area (Å²) in [5.74, 6) is 0.156. The van der Waals surface area contributed by atoms with E-state index in [-0.39, 0.29) is 48.5 Å². The van der Waals surface area contributed by atoms with Gasteiger partial charge < -0.3 is 4.74 Å². The fourth-order valence-corrected chi connectivity index (χ4v) is 4.45. The predicted octanol–water partition coefficient (Wildman–Crippen LogP) is 3.35. The van der Waals surface area contributed by atoms with Gasteiger partial charge >= 0.3 is 0 Å². The first-order valence-electron chi connectivity index (χ1n) is 9.71. The second kappa shape index (κ2) is 11.0. The molecule has 0 N–H and O–H groups in total. The number of hydrogen-bond acceptors (Lipinski definition) is 5. The third kappa shape index (κ3) is 6.74. The van der Waals surface area contributed by atoms with Crippen LogP contribution in [-0.2, 0) is 19.1 Å². The Morgan fingerprint density at radius 2 is 1.68 bits per heavy atom. The Morgan fingerprint density at radius 3 is 2.28 bits per heavy atom. The van der Waals surface area contributed by atoms with Gasteiger partial charge in [-0.25, -0.2) is 0 Å². The fourth-order valence-electron chi connectivity index (χ4n) is 3.52. The Kier molecular flexibility index (Phi) is 8.96. The zero-order valence-electron chi connectivity index (χ0n) is 15.3. The molecule has 1 unspecified atom stereocenters. The van der Waals surface area contributed by atoms with Crippen LogP contribution < -0.4 is 0 Å². The molecular formula is C19H31NO4S. The third-order valence-electron chi connectivity index (χ3n) is 4.94. The number of Topliss-reactive ketones (excluding diaryl/α,β-unsaturated/α-hetero) is 1. The van der Waals surface area contributed by atoms with Gasteiger partial charge in [0.1, 0.15) is 6.61 Å². The SMILES string of the molecule is CCSC1CC(=O)N(CC(=O)COC2CCCCCCCCC2)C1=O. The lowest BCUT2D eigenvalue weighted by atomic mass is 9.99. The molecule has 0 aromatic carbocycles. The highest BCUT2D eigenvalue weighted by Gasteiger charge is 2.39. The quantitative estimate of drug-likeness (QED) is 0.644. The van der Waals surface area contributed by atoms with Crippen LogP contribution in [0, 0.1) is 0 Å². The van der Waals surface area contributed by atoms with Crippen LogP contribution in [0.4, 0.5) is 0 Å². The third-order valence-corrected chi connectivity index (χ3v) is 6.04. The summed E-state index contributed by atoms with van der Waals surface area (Å²) < 4.78 is 5.83. The number of carbonyl (C=O) groups is 3. The van der Waals surface area contributed by atoms with Crippen molar-refractivity contribution in [3.63, 3.8) is 0 Å². The molecule has 1 aliphatic carbocycles. The molecule has 2 rings (SSSR count). The monoisotopic (exact) mass is 369 g/mol. The maximum atomic E-state index is 12.2. The van der Waals surface area contributed by atoms with Crippen molar-refractivity contribution in [3.8, 4) is 0 Å². The summed E-state index contributed by atoms with van der Waals surface area (Å²) in [5.41, 5.74) is 0. The second-order valence-corrected chi connectivity index (χ2v) is 8.47. The van der Waals surface area contributed by atoms with E-state index in [1.807, 2.05) is 6.92 Å². The van der Waals surface area contributed by atoms with Gasteiger partial charge in [-0.2, -0.15) is 0 Å². The Morgan fingerprint density at radius 1 is 1.08 bits per heavy atom. The number of ketones is 1. The number of nitrogens with zero attached hydrogens (tertiary/aromatic N) is 1. The Hall–Kier alpha value is -0.880. The first-order valence-corrected chi connectivity index (χ1v) is 10.8. The van der Waals surface area contributed by atoms with Crippen molar-refractivity contribution in [1.82, 2.24) is 4.90 Å². The van der Waals surface area contributed by atoms with Crippen molar-refractivity contribution < 1.29 is 19.1 Å². The number of carbonyl (C=O) groups excluding carboxylic acids is 3. The van der Waals surface area contributed by atoms with Gasteiger partial charge in [0.2, 0.25) is 11.8 Å². The van der Waals surface area contributed by atoms with Crippen molar-refractivity contribution in [1.29, 1.82) is 0 Å². The van der Waals surface area contributed by atoms with Crippen LogP contribution in [0.15, 0.2) is 0 Å². The number of thioether (sulfide) groups is 1. The number of hydrogen-bond donors (Lipinski definition) is 0. The Bertz CT molecular complexity index is 458. The molecule has 25 heavy (non-hydrogen) atoms. The highest BCUT2D eigenvalue weighted by Crippen LogP contribution is 2.25. The summed E-state index contributed by atoms with van der Waals surface area (Å²) in [5, 5.41) is -0.315. The van der Waals surface area contributed by atoms with Crippen LogP contribution >= 0.6 is 11.8 Å². The van der Waals surface area contributed by atoms with Crippen LogP contribution in [-0.4, -0.2) is 52.8 Å². The summed E-state index contributed by atoms with van der Waals surface area (Å²) in [6, 6.07) is 0. The zero-order chi connectivity index (χ0) is 18.1. The first kappa shape index (κ1) is 20.4. The van der Waals surface area contributed by atoms with E-state index in [2.05, 4.69) is 0 Å². The van der Waals surface area contributed by atoms with E-state index in [0.717, 1.165) is 36.3 Å². The maximum absolute atomic E-state index is 12.2. The minimum Gasteiger partial charge on any atom is -0.370 e. The summed E-state index contributed by atoms with van der Waals surface area (Å²) in [6.07, 6.45) is 11.1. The van der Waals surface area contributed by atoms with Crippen molar-refractivity contribution in [2.24, 2.45) is 0 Å². The summed E-state index contributed by atoms with van der Waals surface area (Å²) in [4.78, 5) is 37.5. The average Bonchev–Trinajstić information content (AvgIpc) is 2.86. The minimum atomic E-state index is -0.315. The van der Waals surface area contributed by atoms with E-state index in [1.54, 1.807) is 0 Å². The smallest absolute Gasteiger partial charge is 0.243 e. The Labute approximate surface area is 155 Å². The molecular weight excluding hydrogens is 338 g/mol. The lowest BCUT2D eigenvalue weighted by molar-refractivity contribution is -0.143. The largest absolute Gasteiger partial charge is 0.370 e. The molecule has 1 saturated carbocycles. The molecule has 6 heteroatoms. The Balaban J connectivity index is 1.75. The van der Waals surface area contributed by atoms with Crippen molar-refractivity contribution in [2.45, 2.75) is 82.5 Å². The zero-order valence-corrected chi connectivity index (χ0v) is 16.2. The number of amides is 2. The number of imide groups is 1. The van der Waals surface area contributed by atoms with E-state index in [1.165, 1.54) is 43.9 Å². The number of likely N-dealkylation sites (tertiary alicyclic amines) is 1. The molecule has 2 fully saturated rings. The van der Waals surface area contributed by atoms with Crippen molar-refractivity contribution in [2.75, 3.05) is 18.9 Å². The average molecular weight is 370 g/mol. The molecule has 1 atom stereocenters. The van der Waals surface area contributed by atoms with E-state index < -0.39 is 0 Å². The van der Waals surface area contributed by atoms with Gasteiger partial charge in [-0.05, 0) is 18.6 Å². The molecule has 0 spiro atoms. The second-order valence-electron chi connectivity index (χ2n) is 6.99. The summed E-state index contributed by atoms with van der Waals surface area (Å²) in [6.45, 7) is 1.84. The fraction of sp³-hybridized carbons (Fsp3) is 0.842. The molecule has 0 bridgehead atoms. The van der Waals surface area contributed by atoms with Gasteiger partial charge in [0.05, 0.1) is 17.9 Å². The topological polar surface area (TPSA) is 63.7 Å². The van der Waals surface area contributed by atoms with Gasteiger partial charge in [-0.3, -0.25) is 19.3 Å². The van der Waals surface area contributed by atoms with Gasteiger partial charge in [-0.1, -0.05) is 51.9 Å². The van der Waals surface area contributed by atoms with Gasteiger partial charge in [0, 0.05) is 6.42 Å². The predicted molar refractivity (Wildman–Crippen MR) is 99.6 cm³/mol. The van der Waals surface area contributed by atoms with Gasteiger partial charge in [-0.15, -0.1) is 11.8 Å². The van der Waals surface area contributed by atoms with Crippen LogP contribution in [0.25, 0.3) is 0 Å². The van der Waals surface area contributed by atoms with Crippen LogP contribution in [0.3, 0.4) is 0 Å². The molecule has 1 heterocycles. The first-order chi connectivity index (χ1) is 12.1. The minimum absolute atomic E-state index is 0.00726. The lowest BCUT2D eigenvalue weighted by Gasteiger charge is -2.20. The van der Waals surface area contributed by atoms with E-state index in [4.69, 9.17) is 4.74 Å². The molecule has 0 radical (unpaired) electrons. The standard InChI is InChI=1S/C19H31NO4S/c1-2-25-17-12-18(22)20(19(17)23)13-15(21)14-24-16-10-8-6-4-3-5-7-9-11-16/h16-17H,2-14H2,1H3. The van der Waals surface area contributed by atoms with Crippen LogP contribution in [0.1, 0.15) is 71.1 Å². The molecule has 142 valence electrons. The molecule has 1 aliphatic heterocycles. The number of ether oxygens (including phenoxy) is 1. The molecule has 2 amide bonds. The number of rotatable bonds is 7. The summed E-state index contributed by atoms with van der Waals surface area (Å²) >= 11 is 1.47. The highest BCUT2D eigenvalue weighted by molar-refractivity contribution is 8.00. The van der Waals surface area contributed by atoms with Crippen molar-refractivity contribution >= 4 is 29.4 Å². The van der Waals surface area contributed by atoms with Crippen molar-refractivity contribution in [3.05, 3.63) is 0 Å². The molecule has 0 aromatic heterocycles. The molecule has 5 nitrogen and oxygen atoms in total. The van der Waals surface area contributed by atoms with Crippen LogP contribution in [0.2, 0.25) is 0 Å². The van der Waals surface area contributed by atoms with Gasteiger partial charge in [0.25, 0.3) is 0 Å².